The Hall–Kier alpha value is -1.33. The van der Waals surface area contributed by atoms with Crippen LogP contribution in [0.3, 0.4) is 0 Å². The summed E-state index contributed by atoms with van der Waals surface area (Å²) in [4.78, 5) is 21.9. The minimum atomic E-state index is -1.29. The van der Waals surface area contributed by atoms with E-state index in [2.05, 4.69) is 10.1 Å². The summed E-state index contributed by atoms with van der Waals surface area (Å²) < 4.78 is 22.5. The van der Waals surface area contributed by atoms with Crippen molar-refractivity contribution in [2.45, 2.75) is 45.4 Å². The minimum Gasteiger partial charge on any atom is -0.469 e. The predicted octanol–water partition coefficient (Wildman–Crippen LogP) is 1.80. The van der Waals surface area contributed by atoms with Crippen LogP contribution in [0.4, 0.5) is 9.18 Å². The molecule has 1 amide bonds. The Morgan fingerprint density at radius 1 is 1.35 bits per heavy atom. The van der Waals surface area contributed by atoms with Crippen LogP contribution in [0.25, 0.3) is 0 Å². The number of esters is 1. The summed E-state index contributed by atoms with van der Waals surface area (Å²) in [5.41, 5.74) is -0.609. The zero-order valence-electron chi connectivity index (χ0n) is 10.7. The van der Waals surface area contributed by atoms with Crippen LogP contribution in [0.2, 0.25) is 0 Å². The van der Waals surface area contributed by atoms with E-state index in [1.807, 2.05) is 0 Å². The Kier molecular flexibility index (Phi) is 6.53. The van der Waals surface area contributed by atoms with Gasteiger partial charge in [0, 0.05) is 6.42 Å². The smallest absolute Gasteiger partial charge is 0.407 e. The van der Waals surface area contributed by atoms with Gasteiger partial charge in [0.2, 0.25) is 0 Å². The van der Waals surface area contributed by atoms with Crippen molar-refractivity contribution in [3.8, 4) is 0 Å². The average Bonchev–Trinajstić information content (AvgIpc) is 2.20. The quantitative estimate of drug-likeness (QED) is 0.755. The maximum absolute atomic E-state index is 13.2. The molecule has 0 fully saturated rings. The molecule has 100 valence electrons. The van der Waals surface area contributed by atoms with Crippen molar-refractivity contribution in [2.75, 3.05) is 13.7 Å². The summed E-state index contributed by atoms with van der Waals surface area (Å²) in [5.74, 6) is -0.468. The normalized spacial score (nSPS) is 12.8. The second kappa shape index (κ2) is 7.09. The highest BCUT2D eigenvalue weighted by molar-refractivity contribution is 5.69. The lowest BCUT2D eigenvalue weighted by Gasteiger charge is -2.20. The molecule has 0 saturated carbocycles. The summed E-state index contributed by atoms with van der Waals surface area (Å²) in [6.07, 6.45) is -1.95. The molecule has 6 heteroatoms. The zero-order chi connectivity index (χ0) is 13.5. The summed E-state index contributed by atoms with van der Waals surface area (Å²) in [6, 6.07) is 0. The van der Waals surface area contributed by atoms with E-state index in [1.54, 1.807) is 20.8 Å². The summed E-state index contributed by atoms with van der Waals surface area (Å²) in [5, 5.41) is 2.29. The Bertz CT molecular complexity index is 263. The molecule has 0 bridgehead atoms. The van der Waals surface area contributed by atoms with Gasteiger partial charge in [-0.25, -0.2) is 9.18 Å². The standard InChI is InChI=1S/C11H20FNO4/c1-11(2,3)17-10(15)13-7-8(12)5-6-9(14)16-4/h8H,5-7H2,1-4H3,(H,13,15). The highest BCUT2D eigenvalue weighted by atomic mass is 19.1. The molecule has 0 aliphatic heterocycles. The lowest BCUT2D eigenvalue weighted by atomic mass is 10.2. The molecule has 0 aromatic heterocycles. The average molecular weight is 249 g/mol. The SMILES string of the molecule is COC(=O)CCC(F)CNC(=O)OC(C)(C)C. The molecule has 1 unspecified atom stereocenters. The third kappa shape index (κ3) is 9.59. The highest BCUT2D eigenvalue weighted by Crippen LogP contribution is 2.07. The van der Waals surface area contributed by atoms with Crippen LogP contribution in [0.5, 0.6) is 0 Å². The molecule has 0 aromatic carbocycles. The number of amides is 1. The van der Waals surface area contributed by atoms with Crippen molar-refractivity contribution in [1.29, 1.82) is 0 Å². The molecule has 5 nitrogen and oxygen atoms in total. The van der Waals surface area contributed by atoms with Gasteiger partial charge in [-0.1, -0.05) is 0 Å². The number of nitrogens with one attached hydrogen (secondary N) is 1. The first-order valence-corrected chi connectivity index (χ1v) is 5.42. The molecule has 0 aliphatic rings. The summed E-state index contributed by atoms with van der Waals surface area (Å²) in [6.45, 7) is 4.98. The maximum Gasteiger partial charge on any atom is 0.407 e. The zero-order valence-corrected chi connectivity index (χ0v) is 10.7. The Balaban J connectivity index is 3.73. The topological polar surface area (TPSA) is 64.6 Å². The van der Waals surface area contributed by atoms with E-state index >= 15 is 0 Å². The van der Waals surface area contributed by atoms with E-state index < -0.39 is 23.8 Å². The van der Waals surface area contributed by atoms with Crippen molar-refractivity contribution in [1.82, 2.24) is 5.32 Å². The number of halogens is 1. The van der Waals surface area contributed by atoms with Crippen LogP contribution < -0.4 is 5.32 Å². The molecule has 1 atom stereocenters. The van der Waals surface area contributed by atoms with Gasteiger partial charge in [0.1, 0.15) is 11.8 Å². The summed E-state index contributed by atoms with van der Waals surface area (Å²) >= 11 is 0. The van der Waals surface area contributed by atoms with Crippen LogP contribution in [0.1, 0.15) is 33.6 Å². The number of methoxy groups -OCH3 is 1. The molecule has 0 heterocycles. The van der Waals surface area contributed by atoms with Gasteiger partial charge in [-0.15, -0.1) is 0 Å². The third-order valence-electron chi connectivity index (χ3n) is 1.76. The first-order chi connectivity index (χ1) is 7.74. The highest BCUT2D eigenvalue weighted by Gasteiger charge is 2.17. The number of hydrogen-bond donors (Lipinski definition) is 1. The predicted molar refractivity (Wildman–Crippen MR) is 60.4 cm³/mol. The van der Waals surface area contributed by atoms with E-state index in [1.165, 1.54) is 7.11 Å². The van der Waals surface area contributed by atoms with Gasteiger partial charge in [0.15, 0.2) is 0 Å². The second-order valence-electron chi connectivity index (χ2n) is 4.59. The molecule has 0 radical (unpaired) electrons. The van der Waals surface area contributed by atoms with Gasteiger partial charge in [-0.3, -0.25) is 4.79 Å². The van der Waals surface area contributed by atoms with Gasteiger partial charge in [-0.05, 0) is 27.2 Å². The second-order valence-corrected chi connectivity index (χ2v) is 4.59. The number of carbonyl (C=O) groups excluding carboxylic acids is 2. The van der Waals surface area contributed by atoms with Crippen molar-refractivity contribution < 1.29 is 23.5 Å². The van der Waals surface area contributed by atoms with Gasteiger partial charge in [0.05, 0.1) is 13.7 Å². The van der Waals surface area contributed by atoms with Crippen molar-refractivity contribution in [3.05, 3.63) is 0 Å². The Morgan fingerprint density at radius 3 is 2.41 bits per heavy atom. The lowest BCUT2D eigenvalue weighted by molar-refractivity contribution is -0.141. The van der Waals surface area contributed by atoms with Crippen molar-refractivity contribution >= 4 is 12.1 Å². The number of rotatable bonds is 5. The molecule has 0 rings (SSSR count). The first kappa shape index (κ1) is 15.7. The van der Waals surface area contributed by atoms with Crippen LogP contribution in [-0.4, -0.2) is 37.5 Å². The van der Waals surface area contributed by atoms with Gasteiger partial charge in [0.25, 0.3) is 0 Å². The largest absolute Gasteiger partial charge is 0.469 e. The first-order valence-electron chi connectivity index (χ1n) is 5.42. The fraction of sp³-hybridized carbons (Fsp3) is 0.818. The maximum atomic E-state index is 13.2. The monoisotopic (exact) mass is 249 g/mol. The molecular weight excluding hydrogens is 229 g/mol. The molecule has 0 spiro atoms. The molecule has 1 N–H and O–H groups in total. The Morgan fingerprint density at radius 2 is 1.94 bits per heavy atom. The van der Waals surface area contributed by atoms with E-state index in [-0.39, 0.29) is 19.4 Å². The number of carbonyl (C=O) groups is 2. The van der Waals surface area contributed by atoms with Crippen molar-refractivity contribution in [2.24, 2.45) is 0 Å². The molecule has 17 heavy (non-hydrogen) atoms. The van der Waals surface area contributed by atoms with E-state index in [4.69, 9.17) is 4.74 Å². The van der Waals surface area contributed by atoms with E-state index in [0.717, 1.165) is 0 Å². The number of alkyl halides is 1. The van der Waals surface area contributed by atoms with Gasteiger partial charge >= 0.3 is 12.1 Å². The minimum absolute atomic E-state index is 0.00628. The number of ether oxygens (including phenoxy) is 2. The molecule has 0 aliphatic carbocycles. The van der Waals surface area contributed by atoms with Crippen LogP contribution in [0, 0.1) is 0 Å². The molecule has 0 aromatic rings. The lowest BCUT2D eigenvalue weighted by Crippen LogP contribution is -2.36. The number of hydrogen-bond acceptors (Lipinski definition) is 4. The molecule has 0 saturated heterocycles. The number of alkyl carbamates (subject to hydrolysis) is 1. The van der Waals surface area contributed by atoms with Crippen LogP contribution in [0.15, 0.2) is 0 Å². The van der Waals surface area contributed by atoms with E-state index in [9.17, 15) is 14.0 Å². The van der Waals surface area contributed by atoms with Crippen LogP contribution >= 0.6 is 0 Å². The van der Waals surface area contributed by atoms with Gasteiger partial charge < -0.3 is 14.8 Å². The van der Waals surface area contributed by atoms with Gasteiger partial charge in [-0.2, -0.15) is 0 Å². The molecular formula is C11H20FNO4. The summed E-state index contributed by atoms with van der Waals surface area (Å²) in [7, 11) is 1.24. The fourth-order valence-corrected chi connectivity index (χ4v) is 0.987. The van der Waals surface area contributed by atoms with E-state index in [0.29, 0.717) is 0 Å². The fourth-order valence-electron chi connectivity index (χ4n) is 0.987. The van der Waals surface area contributed by atoms with Crippen molar-refractivity contribution in [3.63, 3.8) is 0 Å². The Labute approximate surface area is 101 Å². The third-order valence-corrected chi connectivity index (χ3v) is 1.76. The van der Waals surface area contributed by atoms with Crippen LogP contribution in [-0.2, 0) is 14.3 Å².